The molecule has 2 aromatic rings. The van der Waals surface area contributed by atoms with Crippen LogP contribution in [-0.2, 0) is 16.0 Å². The van der Waals surface area contributed by atoms with Gasteiger partial charge in [0.25, 0.3) is 0 Å². The van der Waals surface area contributed by atoms with Crippen molar-refractivity contribution in [2.45, 2.75) is 19.4 Å². The van der Waals surface area contributed by atoms with Gasteiger partial charge in [-0.05, 0) is 23.4 Å². The molecule has 1 amide bonds. The van der Waals surface area contributed by atoms with Gasteiger partial charge >= 0.3 is 5.97 Å². The van der Waals surface area contributed by atoms with Crippen LogP contribution in [0.5, 0.6) is 0 Å². The normalized spacial score (nSPS) is 13.4. The van der Waals surface area contributed by atoms with Crippen molar-refractivity contribution < 1.29 is 14.7 Å². The molecule has 1 heterocycles. The van der Waals surface area contributed by atoms with Gasteiger partial charge in [0.15, 0.2) is 6.04 Å². The monoisotopic (exact) mass is 303 g/mol. The fraction of sp³-hybridized carbons (Fsp3) is 0.250. The second-order valence-electron chi connectivity index (χ2n) is 4.88. The van der Waals surface area contributed by atoms with Gasteiger partial charge in [0.1, 0.15) is 0 Å². The molecule has 2 atom stereocenters. The third-order valence-corrected chi connectivity index (χ3v) is 4.10. The number of benzene rings is 1. The Bertz CT molecular complexity index is 595. The average molecular weight is 303 g/mol. The molecule has 0 saturated carbocycles. The van der Waals surface area contributed by atoms with Crippen molar-refractivity contribution in [3.8, 4) is 0 Å². The Balaban J connectivity index is 2.03. The first kappa shape index (κ1) is 15.3. The number of thiophene rings is 1. The summed E-state index contributed by atoms with van der Waals surface area (Å²) < 4.78 is 0. The number of carbonyl (C=O) groups is 2. The van der Waals surface area contributed by atoms with Gasteiger partial charge < -0.3 is 10.4 Å². The number of nitrogens with one attached hydrogen (secondary N) is 1. The first-order chi connectivity index (χ1) is 10.1. The van der Waals surface area contributed by atoms with E-state index < -0.39 is 12.0 Å². The molecule has 5 heteroatoms. The number of aliphatic carboxylic acids is 1. The fourth-order valence-corrected chi connectivity index (χ4v) is 2.88. The second kappa shape index (κ2) is 7.04. The molecule has 0 unspecified atom stereocenters. The van der Waals surface area contributed by atoms with E-state index in [1.54, 1.807) is 42.5 Å². The van der Waals surface area contributed by atoms with Gasteiger partial charge in [-0.15, -0.1) is 11.3 Å². The highest BCUT2D eigenvalue weighted by Crippen LogP contribution is 2.17. The van der Waals surface area contributed by atoms with Gasteiger partial charge in [-0.1, -0.05) is 43.3 Å². The maximum atomic E-state index is 12.2. The SMILES string of the molecule is C[C@H](Cc1cccs1)C(=O)N[C@@H](C(=O)O)c1ccccc1. The van der Waals surface area contributed by atoms with Crippen molar-refractivity contribution >= 4 is 23.2 Å². The number of carbonyl (C=O) groups excluding carboxylic acids is 1. The summed E-state index contributed by atoms with van der Waals surface area (Å²) in [5, 5.41) is 13.9. The molecular formula is C16H17NO3S. The molecule has 21 heavy (non-hydrogen) atoms. The van der Waals surface area contributed by atoms with Crippen LogP contribution < -0.4 is 5.32 Å². The lowest BCUT2D eigenvalue weighted by atomic mass is 10.0. The van der Waals surface area contributed by atoms with Crippen LogP contribution in [-0.4, -0.2) is 17.0 Å². The Morgan fingerprint density at radius 2 is 1.90 bits per heavy atom. The van der Waals surface area contributed by atoms with Crippen LogP contribution in [0.1, 0.15) is 23.4 Å². The molecule has 0 fully saturated rings. The third-order valence-electron chi connectivity index (χ3n) is 3.20. The predicted molar refractivity (Wildman–Crippen MR) is 82.1 cm³/mol. The molecule has 1 aromatic heterocycles. The van der Waals surface area contributed by atoms with Gasteiger partial charge in [-0.3, -0.25) is 4.79 Å². The number of amides is 1. The molecular weight excluding hydrogens is 286 g/mol. The Labute approximate surface area is 127 Å². The number of hydrogen-bond acceptors (Lipinski definition) is 3. The van der Waals surface area contributed by atoms with E-state index in [0.29, 0.717) is 12.0 Å². The Morgan fingerprint density at radius 3 is 2.48 bits per heavy atom. The molecule has 0 radical (unpaired) electrons. The Morgan fingerprint density at radius 1 is 1.19 bits per heavy atom. The Kier molecular flexibility index (Phi) is 5.11. The number of rotatable bonds is 6. The van der Waals surface area contributed by atoms with Crippen molar-refractivity contribution in [3.63, 3.8) is 0 Å². The maximum absolute atomic E-state index is 12.2. The standard InChI is InChI=1S/C16H17NO3S/c1-11(10-13-8-5-9-21-13)15(18)17-14(16(19)20)12-6-3-2-4-7-12/h2-9,11,14H,10H2,1H3,(H,17,18)(H,19,20)/t11-,14-/m1/s1. The van der Waals surface area contributed by atoms with Crippen molar-refractivity contribution in [1.82, 2.24) is 5.32 Å². The highest BCUT2D eigenvalue weighted by atomic mass is 32.1. The van der Waals surface area contributed by atoms with Crippen LogP contribution in [0.4, 0.5) is 0 Å². The highest BCUT2D eigenvalue weighted by Gasteiger charge is 2.24. The van der Waals surface area contributed by atoms with Gasteiger partial charge in [-0.2, -0.15) is 0 Å². The van der Waals surface area contributed by atoms with Crippen LogP contribution in [0.25, 0.3) is 0 Å². The summed E-state index contributed by atoms with van der Waals surface area (Å²) in [5.41, 5.74) is 0.571. The van der Waals surface area contributed by atoms with E-state index in [9.17, 15) is 14.7 Å². The smallest absolute Gasteiger partial charge is 0.330 e. The topological polar surface area (TPSA) is 66.4 Å². The van der Waals surface area contributed by atoms with Crippen LogP contribution >= 0.6 is 11.3 Å². The lowest BCUT2D eigenvalue weighted by Gasteiger charge is -2.18. The summed E-state index contributed by atoms with van der Waals surface area (Å²) in [6.07, 6.45) is 0.616. The van der Waals surface area contributed by atoms with E-state index in [0.717, 1.165) is 4.88 Å². The summed E-state index contributed by atoms with van der Waals surface area (Å²) in [5.74, 6) is -1.58. The van der Waals surface area contributed by atoms with Gasteiger partial charge in [0, 0.05) is 10.8 Å². The van der Waals surface area contributed by atoms with Gasteiger partial charge in [0.05, 0.1) is 0 Å². The molecule has 0 bridgehead atoms. The van der Waals surface area contributed by atoms with Crippen molar-refractivity contribution in [2.75, 3.05) is 0 Å². The zero-order valence-corrected chi connectivity index (χ0v) is 12.5. The number of carboxylic acids is 1. The zero-order valence-electron chi connectivity index (χ0n) is 11.7. The summed E-state index contributed by atoms with van der Waals surface area (Å²) in [7, 11) is 0. The number of carboxylic acid groups (broad SMARTS) is 1. The Hall–Kier alpha value is -2.14. The molecule has 4 nitrogen and oxygen atoms in total. The van der Waals surface area contributed by atoms with E-state index in [1.807, 2.05) is 23.6 Å². The van der Waals surface area contributed by atoms with E-state index in [2.05, 4.69) is 5.32 Å². The molecule has 2 N–H and O–H groups in total. The summed E-state index contributed by atoms with van der Waals surface area (Å²) >= 11 is 1.59. The second-order valence-corrected chi connectivity index (χ2v) is 5.91. The summed E-state index contributed by atoms with van der Waals surface area (Å²) in [4.78, 5) is 24.7. The van der Waals surface area contributed by atoms with Crippen LogP contribution in [0.3, 0.4) is 0 Å². The maximum Gasteiger partial charge on any atom is 0.330 e. The molecule has 0 aliphatic heterocycles. The third kappa shape index (κ3) is 4.16. The predicted octanol–water partition coefficient (Wildman–Crippen LogP) is 2.87. The largest absolute Gasteiger partial charge is 0.479 e. The van der Waals surface area contributed by atoms with E-state index in [-0.39, 0.29) is 11.8 Å². The highest BCUT2D eigenvalue weighted by molar-refractivity contribution is 7.09. The molecule has 1 aromatic carbocycles. The quantitative estimate of drug-likeness (QED) is 0.862. The average Bonchev–Trinajstić information content (AvgIpc) is 2.98. The van der Waals surface area contributed by atoms with E-state index in [4.69, 9.17) is 0 Å². The van der Waals surface area contributed by atoms with E-state index >= 15 is 0 Å². The molecule has 0 spiro atoms. The summed E-state index contributed by atoms with van der Waals surface area (Å²) in [6, 6.07) is 11.6. The van der Waals surface area contributed by atoms with Crippen molar-refractivity contribution in [2.24, 2.45) is 5.92 Å². The van der Waals surface area contributed by atoms with Crippen LogP contribution in [0.2, 0.25) is 0 Å². The molecule has 110 valence electrons. The molecule has 0 aliphatic rings. The lowest BCUT2D eigenvalue weighted by molar-refractivity contribution is -0.142. The fourth-order valence-electron chi connectivity index (χ4n) is 2.04. The molecule has 0 saturated heterocycles. The first-order valence-electron chi connectivity index (χ1n) is 6.68. The van der Waals surface area contributed by atoms with Crippen molar-refractivity contribution in [1.29, 1.82) is 0 Å². The molecule has 0 aliphatic carbocycles. The minimum absolute atomic E-state index is 0.250. The molecule has 2 rings (SSSR count). The van der Waals surface area contributed by atoms with Crippen LogP contribution in [0, 0.1) is 5.92 Å². The minimum Gasteiger partial charge on any atom is -0.479 e. The summed E-state index contributed by atoms with van der Waals surface area (Å²) in [6.45, 7) is 1.80. The first-order valence-corrected chi connectivity index (χ1v) is 7.56. The van der Waals surface area contributed by atoms with E-state index in [1.165, 1.54) is 0 Å². The zero-order chi connectivity index (χ0) is 15.2. The van der Waals surface area contributed by atoms with Gasteiger partial charge in [-0.25, -0.2) is 4.79 Å². The lowest BCUT2D eigenvalue weighted by Crippen LogP contribution is -2.37. The van der Waals surface area contributed by atoms with Crippen LogP contribution in [0.15, 0.2) is 47.8 Å². The van der Waals surface area contributed by atoms with Crippen molar-refractivity contribution in [3.05, 3.63) is 58.3 Å². The van der Waals surface area contributed by atoms with Gasteiger partial charge in [0.2, 0.25) is 5.91 Å². The minimum atomic E-state index is -1.06. The number of hydrogen-bond donors (Lipinski definition) is 2.